The van der Waals surface area contributed by atoms with Gasteiger partial charge in [0, 0.05) is 6.54 Å². The molecule has 1 atom stereocenters. The van der Waals surface area contributed by atoms with E-state index < -0.39 is 0 Å². The molecule has 1 aromatic heterocycles. The molecule has 1 aromatic carbocycles. The molecule has 3 heteroatoms. The van der Waals surface area contributed by atoms with E-state index in [1.807, 2.05) is 6.92 Å². The Labute approximate surface area is 113 Å². The van der Waals surface area contributed by atoms with E-state index >= 15 is 0 Å². The van der Waals surface area contributed by atoms with E-state index in [4.69, 9.17) is 16.6 Å². The highest BCUT2D eigenvalue weighted by molar-refractivity contribution is 6.20. The van der Waals surface area contributed by atoms with Crippen molar-refractivity contribution in [2.75, 3.05) is 0 Å². The lowest BCUT2D eigenvalue weighted by molar-refractivity contribution is 0.276. The number of rotatable bonds is 3. The van der Waals surface area contributed by atoms with Crippen molar-refractivity contribution in [2.45, 2.75) is 45.0 Å². The second-order valence-corrected chi connectivity index (χ2v) is 6.14. The molecule has 18 heavy (non-hydrogen) atoms. The van der Waals surface area contributed by atoms with Gasteiger partial charge in [-0.2, -0.15) is 0 Å². The summed E-state index contributed by atoms with van der Waals surface area (Å²) < 4.78 is 2.33. The topological polar surface area (TPSA) is 17.8 Å². The Hall–Kier alpha value is -1.02. The van der Waals surface area contributed by atoms with Crippen molar-refractivity contribution in [2.24, 2.45) is 5.92 Å². The van der Waals surface area contributed by atoms with Crippen LogP contribution in [0.3, 0.4) is 0 Å². The maximum Gasteiger partial charge on any atom is 0.127 e. The van der Waals surface area contributed by atoms with Gasteiger partial charge in [-0.15, -0.1) is 11.6 Å². The van der Waals surface area contributed by atoms with Gasteiger partial charge in [-0.05, 0) is 50.3 Å². The zero-order chi connectivity index (χ0) is 12.7. The smallest absolute Gasteiger partial charge is 0.127 e. The van der Waals surface area contributed by atoms with Gasteiger partial charge >= 0.3 is 0 Å². The Kier molecular flexibility index (Phi) is 3.06. The van der Waals surface area contributed by atoms with Crippen molar-refractivity contribution in [3.63, 3.8) is 0 Å². The molecule has 0 radical (unpaired) electrons. The van der Waals surface area contributed by atoms with Gasteiger partial charge in [0.25, 0.3) is 0 Å². The average molecular weight is 263 g/mol. The van der Waals surface area contributed by atoms with Gasteiger partial charge in [0.1, 0.15) is 5.82 Å². The number of fused-ring (bicyclic) bond motifs is 1. The molecule has 1 unspecified atom stereocenters. The van der Waals surface area contributed by atoms with Crippen LogP contribution in [0.5, 0.6) is 0 Å². The number of aromatic nitrogens is 2. The summed E-state index contributed by atoms with van der Waals surface area (Å²) in [6, 6.07) is 6.48. The Morgan fingerprint density at radius 1 is 1.44 bits per heavy atom. The number of aryl methyl sites for hydroxylation is 1. The van der Waals surface area contributed by atoms with E-state index in [9.17, 15) is 0 Å². The van der Waals surface area contributed by atoms with Gasteiger partial charge in [0.15, 0.2) is 0 Å². The number of benzene rings is 1. The highest BCUT2D eigenvalue weighted by Crippen LogP contribution is 2.32. The van der Waals surface area contributed by atoms with Crippen LogP contribution in [0.1, 0.15) is 43.0 Å². The fourth-order valence-electron chi connectivity index (χ4n) is 2.69. The monoisotopic (exact) mass is 262 g/mol. The largest absolute Gasteiger partial charge is 0.326 e. The van der Waals surface area contributed by atoms with Crippen LogP contribution in [0.2, 0.25) is 0 Å². The molecule has 1 saturated carbocycles. The lowest BCUT2D eigenvalue weighted by atomic mass is 9.85. The zero-order valence-electron chi connectivity index (χ0n) is 11.0. The molecule has 1 fully saturated rings. The minimum absolute atomic E-state index is 0.0298. The Morgan fingerprint density at radius 3 is 2.83 bits per heavy atom. The number of alkyl halides is 1. The van der Waals surface area contributed by atoms with Crippen LogP contribution in [0.25, 0.3) is 11.0 Å². The Bertz CT molecular complexity index is 567. The van der Waals surface area contributed by atoms with E-state index in [-0.39, 0.29) is 5.38 Å². The highest BCUT2D eigenvalue weighted by atomic mass is 35.5. The summed E-state index contributed by atoms with van der Waals surface area (Å²) in [5.74, 6) is 1.84. The third kappa shape index (κ3) is 2.03. The molecule has 0 saturated heterocycles. The summed E-state index contributed by atoms with van der Waals surface area (Å²) in [6.07, 6.45) is 4.07. The lowest BCUT2D eigenvalue weighted by Crippen LogP contribution is -2.19. The van der Waals surface area contributed by atoms with Crippen LogP contribution in [-0.4, -0.2) is 9.55 Å². The van der Waals surface area contributed by atoms with Crippen LogP contribution < -0.4 is 0 Å². The number of halogens is 1. The van der Waals surface area contributed by atoms with Crippen LogP contribution in [-0.2, 0) is 6.54 Å². The minimum Gasteiger partial charge on any atom is -0.326 e. The van der Waals surface area contributed by atoms with Crippen molar-refractivity contribution >= 4 is 22.6 Å². The molecule has 0 spiro atoms. The molecule has 3 rings (SSSR count). The minimum atomic E-state index is -0.0298. The number of imidazole rings is 1. The molecule has 0 bridgehead atoms. The predicted octanol–water partition coefficient (Wildman–Crippen LogP) is 4.44. The molecule has 1 aliphatic carbocycles. The highest BCUT2D eigenvalue weighted by Gasteiger charge is 2.22. The first-order valence-electron chi connectivity index (χ1n) is 6.76. The van der Waals surface area contributed by atoms with Gasteiger partial charge in [-0.25, -0.2) is 4.98 Å². The molecule has 1 aliphatic rings. The molecular formula is C15H19ClN2. The summed E-state index contributed by atoms with van der Waals surface area (Å²) in [5, 5.41) is -0.0298. The molecule has 1 heterocycles. The molecule has 0 aliphatic heterocycles. The molecular weight excluding hydrogens is 244 g/mol. The van der Waals surface area contributed by atoms with E-state index in [0.717, 1.165) is 23.8 Å². The molecule has 2 aromatic rings. The van der Waals surface area contributed by atoms with Gasteiger partial charge < -0.3 is 4.57 Å². The summed E-state index contributed by atoms with van der Waals surface area (Å²) in [4.78, 5) is 4.72. The van der Waals surface area contributed by atoms with E-state index in [2.05, 4.69) is 29.7 Å². The number of hydrogen-bond donors (Lipinski definition) is 0. The van der Waals surface area contributed by atoms with E-state index in [1.165, 1.54) is 30.3 Å². The van der Waals surface area contributed by atoms with Gasteiger partial charge in [-0.3, -0.25) is 0 Å². The first-order chi connectivity index (χ1) is 8.65. The fraction of sp³-hybridized carbons (Fsp3) is 0.533. The third-order valence-electron chi connectivity index (χ3n) is 3.95. The summed E-state index contributed by atoms with van der Waals surface area (Å²) in [5.41, 5.74) is 3.57. The maximum atomic E-state index is 6.28. The van der Waals surface area contributed by atoms with Gasteiger partial charge in [0.2, 0.25) is 0 Å². The first kappa shape index (κ1) is 12.0. The summed E-state index contributed by atoms with van der Waals surface area (Å²) in [7, 11) is 0. The second kappa shape index (κ2) is 4.58. The molecule has 96 valence electrons. The third-order valence-corrected chi connectivity index (χ3v) is 4.15. The molecule has 0 amide bonds. The quantitative estimate of drug-likeness (QED) is 0.748. The van der Waals surface area contributed by atoms with Crippen molar-refractivity contribution in [1.29, 1.82) is 0 Å². The summed E-state index contributed by atoms with van der Waals surface area (Å²) in [6.45, 7) is 5.19. The summed E-state index contributed by atoms with van der Waals surface area (Å²) >= 11 is 6.28. The number of nitrogens with zero attached hydrogens (tertiary/aromatic N) is 2. The Morgan fingerprint density at radius 2 is 2.22 bits per heavy atom. The normalized spacial score (nSPS) is 17.9. The first-order valence-corrected chi connectivity index (χ1v) is 7.19. The van der Waals surface area contributed by atoms with Gasteiger partial charge in [-0.1, -0.05) is 12.5 Å². The molecule has 0 N–H and O–H groups in total. The maximum absolute atomic E-state index is 6.28. The predicted molar refractivity (Wildman–Crippen MR) is 76.1 cm³/mol. The van der Waals surface area contributed by atoms with E-state index in [1.54, 1.807) is 0 Å². The van der Waals surface area contributed by atoms with Crippen LogP contribution in [0.4, 0.5) is 0 Å². The Balaban J connectivity index is 2.08. The van der Waals surface area contributed by atoms with Crippen molar-refractivity contribution < 1.29 is 0 Å². The fourth-order valence-corrected chi connectivity index (χ4v) is 2.85. The number of hydrogen-bond acceptors (Lipinski definition) is 1. The van der Waals surface area contributed by atoms with Crippen molar-refractivity contribution in [3.8, 4) is 0 Å². The van der Waals surface area contributed by atoms with Crippen LogP contribution >= 0.6 is 11.6 Å². The van der Waals surface area contributed by atoms with Gasteiger partial charge in [0.05, 0.1) is 16.4 Å². The standard InChI is InChI=1S/C15H19ClN2/c1-10-6-7-14-13(8-10)17-15(11(2)16)18(14)9-12-4-3-5-12/h6-8,11-12H,3-5,9H2,1-2H3. The molecule has 2 nitrogen and oxygen atoms in total. The van der Waals surface area contributed by atoms with Crippen molar-refractivity contribution in [1.82, 2.24) is 9.55 Å². The van der Waals surface area contributed by atoms with Crippen LogP contribution in [0.15, 0.2) is 18.2 Å². The lowest BCUT2D eigenvalue weighted by Gasteiger charge is -2.27. The zero-order valence-corrected chi connectivity index (χ0v) is 11.7. The second-order valence-electron chi connectivity index (χ2n) is 5.49. The van der Waals surface area contributed by atoms with Crippen LogP contribution in [0, 0.1) is 12.8 Å². The average Bonchev–Trinajstić information content (AvgIpc) is 2.61. The van der Waals surface area contributed by atoms with E-state index in [0.29, 0.717) is 0 Å². The van der Waals surface area contributed by atoms with Crippen molar-refractivity contribution in [3.05, 3.63) is 29.6 Å². The SMILES string of the molecule is Cc1ccc2c(c1)nc(C(C)Cl)n2CC1CCC1.